The van der Waals surface area contributed by atoms with Crippen LogP contribution in [0.2, 0.25) is 0 Å². The van der Waals surface area contributed by atoms with E-state index in [-0.39, 0.29) is 31.1 Å². The van der Waals surface area contributed by atoms with Crippen LogP contribution >= 0.6 is 0 Å². The minimum Gasteiger partial charge on any atom is -0.447 e. The highest BCUT2D eigenvalue weighted by molar-refractivity contribution is 7.92. The summed E-state index contributed by atoms with van der Waals surface area (Å²) in [7, 11) is -3.66. The van der Waals surface area contributed by atoms with Gasteiger partial charge in [-0.05, 0) is 74.8 Å². The van der Waals surface area contributed by atoms with Crippen LogP contribution in [0.15, 0.2) is 28.6 Å². The van der Waals surface area contributed by atoms with Gasteiger partial charge in [-0.25, -0.2) is 13.2 Å². The van der Waals surface area contributed by atoms with Crippen LogP contribution in [0.5, 0.6) is 0 Å². The number of aryl methyl sites for hydroxylation is 1. The van der Waals surface area contributed by atoms with Gasteiger partial charge in [-0.15, -0.1) is 0 Å². The maximum absolute atomic E-state index is 13.1. The van der Waals surface area contributed by atoms with Gasteiger partial charge in [0.1, 0.15) is 18.0 Å². The second-order valence-corrected chi connectivity index (χ2v) is 12.8. The summed E-state index contributed by atoms with van der Waals surface area (Å²) in [5.74, 6) is 1.75. The molecule has 2 saturated heterocycles. The Labute approximate surface area is 219 Å². The van der Waals surface area contributed by atoms with E-state index in [1.807, 2.05) is 26.0 Å². The van der Waals surface area contributed by atoms with Gasteiger partial charge in [-0.3, -0.25) is 14.7 Å². The molecule has 1 N–H and O–H groups in total. The predicted octanol–water partition coefficient (Wildman–Crippen LogP) is 3.83. The van der Waals surface area contributed by atoms with Gasteiger partial charge in [0.25, 0.3) is 5.91 Å². The molecule has 3 heterocycles. The fraction of sp³-hybridized carbons (Fsp3) is 0.593. The topological polar surface area (TPSA) is 108 Å². The van der Waals surface area contributed by atoms with Crippen molar-refractivity contribution in [1.82, 2.24) is 9.62 Å². The smallest absolute Gasteiger partial charge is 0.414 e. The van der Waals surface area contributed by atoms with Crippen LogP contribution in [-0.2, 0) is 19.6 Å². The number of cyclic esters (lactones) is 1. The van der Waals surface area contributed by atoms with E-state index in [0.29, 0.717) is 25.4 Å². The first-order valence-corrected chi connectivity index (χ1v) is 14.7. The Kier molecular flexibility index (Phi) is 6.91. The minimum atomic E-state index is -3.66. The molecule has 10 heteroatoms. The van der Waals surface area contributed by atoms with E-state index in [0.717, 1.165) is 54.3 Å². The first-order valence-electron chi connectivity index (χ1n) is 13.2. The highest BCUT2D eigenvalue weighted by Gasteiger charge is 2.48. The highest BCUT2D eigenvalue weighted by Crippen LogP contribution is 2.36. The summed E-state index contributed by atoms with van der Waals surface area (Å²) in [6.07, 6.45) is 6.38. The summed E-state index contributed by atoms with van der Waals surface area (Å²) in [5.41, 5.74) is 1.50. The summed E-state index contributed by atoms with van der Waals surface area (Å²) in [6, 6.07) is 5.42. The van der Waals surface area contributed by atoms with Crippen LogP contribution < -0.4 is 10.2 Å². The number of benzene rings is 1. The van der Waals surface area contributed by atoms with Crippen molar-refractivity contribution in [2.45, 2.75) is 70.9 Å². The molecule has 1 aliphatic carbocycles. The Morgan fingerprint density at radius 1 is 1.11 bits per heavy atom. The van der Waals surface area contributed by atoms with Crippen LogP contribution in [0.4, 0.5) is 10.5 Å². The molecule has 37 heavy (non-hydrogen) atoms. The van der Waals surface area contributed by atoms with Gasteiger partial charge in [0.05, 0.1) is 6.04 Å². The van der Waals surface area contributed by atoms with Crippen molar-refractivity contribution in [2.75, 3.05) is 24.6 Å². The van der Waals surface area contributed by atoms with Crippen molar-refractivity contribution in [1.29, 1.82) is 0 Å². The number of aliphatic imine (C=N–C) groups is 1. The number of nitrogens with zero attached hydrogens (tertiary/aromatic N) is 3. The molecule has 1 atom stereocenters. The average molecular weight is 529 g/mol. The number of sulfonamides is 1. The zero-order chi connectivity index (χ0) is 26.4. The van der Waals surface area contributed by atoms with Gasteiger partial charge in [0, 0.05) is 30.1 Å². The third kappa shape index (κ3) is 5.05. The van der Waals surface area contributed by atoms with E-state index < -0.39 is 15.6 Å². The first-order chi connectivity index (χ1) is 17.6. The molecule has 1 spiro atoms. The number of rotatable bonds is 5. The highest BCUT2D eigenvalue weighted by atomic mass is 32.2. The van der Waals surface area contributed by atoms with Gasteiger partial charge in [-0.2, -0.15) is 4.31 Å². The van der Waals surface area contributed by atoms with E-state index in [2.05, 4.69) is 12.2 Å². The molecule has 5 rings (SSSR count). The Hall–Kier alpha value is -2.72. The second-order valence-electron chi connectivity index (χ2n) is 11.0. The zero-order valence-corrected chi connectivity index (χ0v) is 22.6. The summed E-state index contributed by atoms with van der Waals surface area (Å²) in [5, 5.41) is 4.26. The number of carbonyl (C=O) groups is 2. The normalized spacial score (nSPS) is 28.6. The molecule has 1 aromatic carbocycles. The van der Waals surface area contributed by atoms with Gasteiger partial charge < -0.3 is 10.1 Å². The molecular formula is C27H36N4O5S. The lowest BCUT2D eigenvalue weighted by molar-refractivity contribution is -0.125. The molecule has 3 fully saturated rings. The maximum Gasteiger partial charge on any atom is 0.414 e. The van der Waals surface area contributed by atoms with Crippen molar-refractivity contribution in [3.8, 4) is 0 Å². The predicted molar refractivity (Wildman–Crippen MR) is 143 cm³/mol. The maximum atomic E-state index is 13.1. The number of amides is 2. The quantitative estimate of drug-likeness (QED) is 0.625. The van der Waals surface area contributed by atoms with E-state index in [4.69, 9.17) is 9.73 Å². The van der Waals surface area contributed by atoms with Crippen molar-refractivity contribution >= 4 is 39.6 Å². The molecule has 0 radical (unpaired) electrons. The molecule has 0 aromatic heterocycles. The summed E-state index contributed by atoms with van der Waals surface area (Å²) in [4.78, 5) is 31.4. The third-order valence-electron chi connectivity index (χ3n) is 8.35. The molecule has 4 aliphatic rings. The fourth-order valence-electron chi connectivity index (χ4n) is 5.84. The Morgan fingerprint density at radius 2 is 1.81 bits per heavy atom. The third-order valence-corrected chi connectivity index (χ3v) is 9.91. The Balaban J connectivity index is 1.23. The zero-order valence-electron chi connectivity index (χ0n) is 21.8. The number of amidine groups is 1. The number of piperidine rings is 1. The molecule has 1 saturated carbocycles. The standard InChI is InChI=1S/C27H36N4O5S/c1-18-4-6-22(7-5-18)24-28-25(32)27(29-24)11-13-30(14-12-27)37(34,35)15-10-21-8-9-23(16-19(21)2)31-20(3)17-36-26(31)33/h8-10,15-16,18,20,22H,4-7,11-14,17H2,1-3H3,(H,28,29,32)/b15-10+. The molecule has 9 nitrogen and oxygen atoms in total. The number of carbonyl (C=O) groups excluding carboxylic acids is 2. The van der Waals surface area contributed by atoms with Gasteiger partial charge >= 0.3 is 6.09 Å². The van der Waals surface area contributed by atoms with Gasteiger partial charge in [-0.1, -0.05) is 25.8 Å². The van der Waals surface area contributed by atoms with Crippen molar-refractivity contribution in [2.24, 2.45) is 16.8 Å². The van der Waals surface area contributed by atoms with Crippen LogP contribution in [0.3, 0.4) is 0 Å². The number of nitrogens with one attached hydrogen (secondary N) is 1. The largest absolute Gasteiger partial charge is 0.447 e. The Bertz CT molecular complexity index is 1240. The van der Waals surface area contributed by atoms with Crippen LogP contribution in [-0.4, -0.2) is 61.8 Å². The minimum absolute atomic E-state index is 0.0511. The molecular weight excluding hydrogens is 492 g/mol. The molecule has 1 aromatic rings. The van der Waals surface area contributed by atoms with E-state index in [9.17, 15) is 18.0 Å². The molecule has 1 unspecified atom stereocenters. The van der Waals surface area contributed by atoms with Crippen molar-refractivity contribution in [3.05, 3.63) is 34.7 Å². The fourth-order valence-corrected chi connectivity index (χ4v) is 7.02. The van der Waals surface area contributed by atoms with E-state index in [1.165, 1.54) is 9.71 Å². The summed E-state index contributed by atoms with van der Waals surface area (Å²) in [6.45, 7) is 6.93. The average Bonchev–Trinajstić information content (AvgIpc) is 3.37. The number of ether oxygens (including phenoxy) is 1. The van der Waals surface area contributed by atoms with Crippen LogP contribution in [0.1, 0.15) is 63.5 Å². The lowest BCUT2D eigenvalue weighted by Crippen LogP contribution is -2.50. The Morgan fingerprint density at radius 3 is 2.43 bits per heavy atom. The second kappa shape index (κ2) is 9.87. The first kappa shape index (κ1) is 25.9. The molecule has 3 aliphatic heterocycles. The molecule has 200 valence electrons. The summed E-state index contributed by atoms with van der Waals surface area (Å²) < 4.78 is 32.7. The van der Waals surface area contributed by atoms with Crippen molar-refractivity contribution < 1.29 is 22.7 Å². The van der Waals surface area contributed by atoms with Gasteiger partial charge in [0.2, 0.25) is 10.0 Å². The SMILES string of the molecule is Cc1cc(N2C(=O)OCC2C)ccc1/C=C/S(=O)(=O)N1CCC2(CC1)N=C(C1CCC(C)CC1)NC2=O. The lowest BCUT2D eigenvalue weighted by Gasteiger charge is -2.34. The monoisotopic (exact) mass is 528 g/mol. The van der Waals surface area contributed by atoms with Crippen molar-refractivity contribution in [3.63, 3.8) is 0 Å². The molecule has 0 bridgehead atoms. The molecule has 2 amide bonds. The van der Waals surface area contributed by atoms with Crippen LogP contribution in [0, 0.1) is 18.8 Å². The van der Waals surface area contributed by atoms with E-state index >= 15 is 0 Å². The van der Waals surface area contributed by atoms with E-state index in [1.54, 1.807) is 17.0 Å². The van der Waals surface area contributed by atoms with Gasteiger partial charge in [0.15, 0.2) is 0 Å². The van der Waals surface area contributed by atoms with Crippen LogP contribution in [0.25, 0.3) is 6.08 Å². The number of anilines is 1. The number of hydrogen-bond acceptors (Lipinski definition) is 6. The summed E-state index contributed by atoms with van der Waals surface area (Å²) >= 11 is 0. The lowest BCUT2D eigenvalue weighted by atomic mass is 9.82. The number of hydrogen-bond donors (Lipinski definition) is 1.